The molecule has 0 bridgehead atoms. The van der Waals surface area contributed by atoms with Gasteiger partial charge in [0.2, 0.25) is 0 Å². The van der Waals surface area contributed by atoms with E-state index in [1.807, 2.05) is 0 Å². The van der Waals surface area contributed by atoms with Gasteiger partial charge in [0, 0.05) is 29.7 Å². The third-order valence-electron chi connectivity index (χ3n) is 5.21. The minimum atomic E-state index is 0. The molecule has 0 unspecified atom stereocenters. The number of nitrogens with one attached hydrogen (secondary N) is 1. The van der Waals surface area contributed by atoms with Crippen LogP contribution >= 0.6 is 12.4 Å². The molecule has 1 aromatic heterocycles. The van der Waals surface area contributed by atoms with Gasteiger partial charge in [-0.15, -0.1) is 12.4 Å². The Morgan fingerprint density at radius 3 is 2.72 bits per heavy atom. The van der Waals surface area contributed by atoms with Crippen LogP contribution in [0.1, 0.15) is 35.2 Å². The molecule has 0 aliphatic carbocycles. The smallest absolute Gasteiger partial charge is 0.0485 e. The lowest BCUT2D eigenvalue weighted by Crippen LogP contribution is -2.18. The highest BCUT2D eigenvalue weighted by atomic mass is 35.5. The highest BCUT2D eigenvalue weighted by molar-refractivity contribution is 5.86. The molecule has 0 saturated heterocycles. The summed E-state index contributed by atoms with van der Waals surface area (Å²) < 4.78 is 2.57. The maximum absolute atomic E-state index is 3.62. The second kappa shape index (κ2) is 8.07. The van der Waals surface area contributed by atoms with Gasteiger partial charge >= 0.3 is 0 Å². The van der Waals surface area contributed by atoms with Crippen LogP contribution in [0.15, 0.2) is 48.5 Å². The molecule has 132 valence electrons. The molecule has 3 aromatic rings. The van der Waals surface area contributed by atoms with Crippen molar-refractivity contribution < 1.29 is 0 Å². The number of hydrogen-bond donors (Lipinski definition) is 1. The van der Waals surface area contributed by atoms with Crippen molar-refractivity contribution in [2.45, 2.75) is 45.7 Å². The van der Waals surface area contributed by atoms with Crippen LogP contribution in [0.25, 0.3) is 10.9 Å². The molecular formula is C22H27ClN2. The monoisotopic (exact) mass is 354 g/mol. The first kappa shape index (κ1) is 18.0. The van der Waals surface area contributed by atoms with E-state index in [4.69, 9.17) is 0 Å². The molecule has 4 rings (SSSR count). The Morgan fingerprint density at radius 1 is 1.04 bits per heavy atom. The minimum Gasteiger partial charge on any atom is -0.344 e. The predicted molar refractivity (Wildman–Crippen MR) is 109 cm³/mol. The van der Waals surface area contributed by atoms with Gasteiger partial charge in [-0.25, -0.2) is 0 Å². The third kappa shape index (κ3) is 3.75. The molecule has 0 amide bonds. The molecule has 1 N–H and O–H groups in total. The normalized spacial score (nSPS) is 13.5. The average Bonchev–Trinajstić information content (AvgIpc) is 2.93. The minimum absolute atomic E-state index is 0. The second-order valence-electron chi connectivity index (χ2n) is 6.97. The van der Waals surface area contributed by atoms with Crippen molar-refractivity contribution in [2.24, 2.45) is 0 Å². The summed E-state index contributed by atoms with van der Waals surface area (Å²) in [4.78, 5) is 0. The molecular weight excluding hydrogens is 328 g/mol. The lowest BCUT2D eigenvalue weighted by Gasteiger charge is -2.17. The molecule has 1 aliphatic rings. The molecule has 1 aliphatic heterocycles. The molecule has 2 heterocycles. The summed E-state index contributed by atoms with van der Waals surface area (Å²) in [5.41, 5.74) is 7.33. The molecule has 0 spiro atoms. The van der Waals surface area contributed by atoms with Gasteiger partial charge in [-0.05, 0) is 62.4 Å². The first-order valence-corrected chi connectivity index (χ1v) is 9.18. The SMILES string of the molecule is Cc1ccc2c(c1)c(CCNCc1ccccc1)c1n2CCCC1.Cl. The fourth-order valence-electron chi connectivity index (χ4n) is 4.02. The highest BCUT2D eigenvalue weighted by Gasteiger charge is 2.19. The number of benzene rings is 2. The first-order valence-electron chi connectivity index (χ1n) is 9.18. The van der Waals surface area contributed by atoms with Crippen LogP contribution in [0, 0.1) is 6.92 Å². The zero-order valence-corrected chi connectivity index (χ0v) is 15.7. The van der Waals surface area contributed by atoms with Crippen molar-refractivity contribution in [3.05, 3.63) is 70.9 Å². The van der Waals surface area contributed by atoms with Gasteiger partial charge in [-0.1, -0.05) is 42.0 Å². The van der Waals surface area contributed by atoms with Gasteiger partial charge in [0.15, 0.2) is 0 Å². The van der Waals surface area contributed by atoms with Gasteiger partial charge in [-0.2, -0.15) is 0 Å². The van der Waals surface area contributed by atoms with E-state index in [-0.39, 0.29) is 12.4 Å². The van der Waals surface area contributed by atoms with E-state index in [0.29, 0.717) is 0 Å². The fourth-order valence-corrected chi connectivity index (χ4v) is 4.02. The molecule has 2 aromatic carbocycles. The van der Waals surface area contributed by atoms with Crippen molar-refractivity contribution in [2.75, 3.05) is 6.54 Å². The number of fused-ring (bicyclic) bond motifs is 3. The summed E-state index contributed by atoms with van der Waals surface area (Å²) in [7, 11) is 0. The van der Waals surface area contributed by atoms with Crippen LogP contribution in [0.3, 0.4) is 0 Å². The summed E-state index contributed by atoms with van der Waals surface area (Å²) in [6.45, 7) is 5.38. The van der Waals surface area contributed by atoms with Gasteiger partial charge < -0.3 is 9.88 Å². The predicted octanol–water partition coefficient (Wildman–Crippen LogP) is 5.04. The number of rotatable bonds is 5. The molecule has 25 heavy (non-hydrogen) atoms. The first-order chi connectivity index (χ1) is 11.8. The molecule has 0 fully saturated rings. The van der Waals surface area contributed by atoms with Crippen LogP contribution in [0.2, 0.25) is 0 Å². The largest absolute Gasteiger partial charge is 0.344 e. The summed E-state index contributed by atoms with van der Waals surface area (Å²) in [6.07, 6.45) is 5.01. The van der Waals surface area contributed by atoms with E-state index in [1.165, 1.54) is 47.8 Å². The van der Waals surface area contributed by atoms with Gasteiger partial charge in [0.05, 0.1) is 0 Å². The Balaban J connectivity index is 0.00000182. The Morgan fingerprint density at radius 2 is 1.88 bits per heavy atom. The number of aryl methyl sites for hydroxylation is 2. The topological polar surface area (TPSA) is 17.0 Å². The van der Waals surface area contributed by atoms with E-state index in [0.717, 1.165) is 19.5 Å². The van der Waals surface area contributed by atoms with Gasteiger partial charge in [0.1, 0.15) is 0 Å². The lowest BCUT2D eigenvalue weighted by atomic mass is 10.0. The van der Waals surface area contributed by atoms with Crippen LogP contribution in [-0.4, -0.2) is 11.1 Å². The van der Waals surface area contributed by atoms with Crippen molar-refractivity contribution in [3.8, 4) is 0 Å². The van der Waals surface area contributed by atoms with E-state index < -0.39 is 0 Å². The maximum Gasteiger partial charge on any atom is 0.0485 e. The summed E-state index contributed by atoms with van der Waals surface area (Å²) in [5, 5.41) is 5.10. The van der Waals surface area contributed by atoms with Crippen molar-refractivity contribution >= 4 is 23.3 Å². The van der Waals surface area contributed by atoms with Crippen molar-refractivity contribution in [1.29, 1.82) is 0 Å². The molecule has 3 heteroatoms. The molecule has 2 nitrogen and oxygen atoms in total. The summed E-state index contributed by atoms with van der Waals surface area (Å²) >= 11 is 0. The number of hydrogen-bond acceptors (Lipinski definition) is 1. The lowest BCUT2D eigenvalue weighted by molar-refractivity contribution is 0.539. The number of aromatic nitrogens is 1. The van der Waals surface area contributed by atoms with E-state index in [2.05, 4.69) is 65.3 Å². The summed E-state index contributed by atoms with van der Waals surface area (Å²) in [5.74, 6) is 0. The zero-order valence-electron chi connectivity index (χ0n) is 14.9. The Labute approximate surface area is 156 Å². The number of halogens is 1. The average molecular weight is 355 g/mol. The Kier molecular flexibility index (Phi) is 5.82. The van der Waals surface area contributed by atoms with Gasteiger partial charge in [0.25, 0.3) is 0 Å². The summed E-state index contributed by atoms with van der Waals surface area (Å²) in [6, 6.07) is 17.6. The van der Waals surface area contributed by atoms with Crippen LogP contribution in [0.5, 0.6) is 0 Å². The van der Waals surface area contributed by atoms with E-state index >= 15 is 0 Å². The Bertz CT molecular complexity index is 836. The van der Waals surface area contributed by atoms with E-state index in [1.54, 1.807) is 11.3 Å². The van der Waals surface area contributed by atoms with E-state index in [9.17, 15) is 0 Å². The molecule has 0 saturated carbocycles. The quantitative estimate of drug-likeness (QED) is 0.635. The highest BCUT2D eigenvalue weighted by Crippen LogP contribution is 2.31. The van der Waals surface area contributed by atoms with Crippen LogP contribution in [0.4, 0.5) is 0 Å². The number of nitrogens with zero attached hydrogens (tertiary/aromatic N) is 1. The van der Waals surface area contributed by atoms with Gasteiger partial charge in [-0.3, -0.25) is 0 Å². The standard InChI is InChI=1S/C22H26N2.ClH/c1-17-10-11-22-20(15-17)19(21-9-5-6-14-24(21)22)12-13-23-16-18-7-3-2-4-8-18;/h2-4,7-8,10-11,15,23H,5-6,9,12-14,16H2,1H3;1H. The zero-order chi connectivity index (χ0) is 16.4. The van der Waals surface area contributed by atoms with Crippen molar-refractivity contribution in [3.63, 3.8) is 0 Å². The van der Waals surface area contributed by atoms with Crippen LogP contribution < -0.4 is 5.32 Å². The fraction of sp³-hybridized carbons (Fsp3) is 0.364. The van der Waals surface area contributed by atoms with Crippen molar-refractivity contribution in [1.82, 2.24) is 9.88 Å². The maximum atomic E-state index is 3.62. The third-order valence-corrected chi connectivity index (χ3v) is 5.21. The molecule has 0 atom stereocenters. The molecule has 0 radical (unpaired) electrons. The van der Waals surface area contributed by atoms with Crippen LogP contribution in [-0.2, 0) is 25.9 Å². The Hall–Kier alpha value is -1.77. The second-order valence-corrected chi connectivity index (χ2v) is 6.97.